The van der Waals surface area contributed by atoms with Crippen LogP contribution in [0, 0.1) is 0 Å². The number of carbonyl (C=O) groups excluding carboxylic acids is 1. The van der Waals surface area contributed by atoms with Crippen LogP contribution in [0.3, 0.4) is 0 Å². The van der Waals surface area contributed by atoms with Crippen LogP contribution in [0.1, 0.15) is 13.3 Å². The fourth-order valence-electron chi connectivity index (χ4n) is 0.725. The summed E-state index contributed by atoms with van der Waals surface area (Å²) in [4.78, 5) is 11.0. The second-order valence-corrected chi connectivity index (χ2v) is 2.40. The van der Waals surface area contributed by atoms with Crippen molar-refractivity contribution >= 4 is 5.91 Å². The number of carbonyl (C=O) groups is 1. The second-order valence-electron chi connectivity index (χ2n) is 2.40. The first-order valence-electron chi connectivity index (χ1n) is 4.30. The van der Waals surface area contributed by atoms with E-state index in [0.29, 0.717) is 26.2 Å². The molecule has 0 aliphatic heterocycles. The van der Waals surface area contributed by atoms with E-state index >= 15 is 0 Å². The van der Waals surface area contributed by atoms with Gasteiger partial charge in [0.15, 0.2) is 0 Å². The summed E-state index contributed by atoms with van der Waals surface area (Å²) in [5.41, 5.74) is 0. The van der Waals surface area contributed by atoms with Crippen LogP contribution in [0.15, 0.2) is 0 Å². The standard InChI is InChI=1S/C8H18N2O2/c1-3-12-7-4-8(11)10-6-5-9-2/h9H,3-7H2,1-2H3,(H,10,11). The van der Waals surface area contributed by atoms with Gasteiger partial charge < -0.3 is 15.4 Å². The molecule has 0 saturated heterocycles. The predicted octanol–water partition coefficient (Wildman–Crippen LogP) is -0.251. The van der Waals surface area contributed by atoms with Gasteiger partial charge in [-0.25, -0.2) is 0 Å². The van der Waals surface area contributed by atoms with Crippen molar-refractivity contribution < 1.29 is 9.53 Å². The normalized spacial score (nSPS) is 9.83. The molecule has 12 heavy (non-hydrogen) atoms. The first-order chi connectivity index (χ1) is 5.81. The summed E-state index contributed by atoms with van der Waals surface area (Å²) in [6, 6.07) is 0. The van der Waals surface area contributed by atoms with E-state index in [-0.39, 0.29) is 5.91 Å². The smallest absolute Gasteiger partial charge is 0.222 e. The summed E-state index contributed by atoms with van der Waals surface area (Å²) in [5, 5.41) is 5.71. The summed E-state index contributed by atoms with van der Waals surface area (Å²) in [5.74, 6) is 0.0544. The van der Waals surface area contributed by atoms with Crippen LogP contribution in [-0.4, -0.2) is 39.3 Å². The van der Waals surface area contributed by atoms with Crippen molar-refractivity contribution in [3.05, 3.63) is 0 Å². The van der Waals surface area contributed by atoms with E-state index in [9.17, 15) is 4.79 Å². The molecule has 0 spiro atoms. The second kappa shape index (κ2) is 8.49. The highest BCUT2D eigenvalue weighted by atomic mass is 16.5. The Kier molecular flexibility index (Phi) is 8.05. The third-order valence-corrected chi connectivity index (χ3v) is 1.37. The van der Waals surface area contributed by atoms with Gasteiger partial charge in [0.2, 0.25) is 5.91 Å². The van der Waals surface area contributed by atoms with Crippen molar-refractivity contribution in [1.82, 2.24) is 10.6 Å². The zero-order valence-electron chi connectivity index (χ0n) is 7.85. The molecule has 0 radical (unpaired) electrons. The summed E-state index contributed by atoms with van der Waals surface area (Å²) in [6.07, 6.45) is 0.456. The lowest BCUT2D eigenvalue weighted by Gasteiger charge is -2.04. The molecule has 4 nitrogen and oxygen atoms in total. The minimum absolute atomic E-state index is 0.0544. The van der Waals surface area contributed by atoms with Crippen molar-refractivity contribution in [3.63, 3.8) is 0 Å². The maximum atomic E-state index is 11.0. The van der Waals surface area contributed by atoms with Gasteiger partial charge in [-0.3, -0.25) is 4.79 Å². The summed E-state index contributed by atoms with van der Waals surface area (Å²) >= 11 is 0. The van der Waals surface area contributed by atoms with E-state index in [1.54, 1.807) is 0 Å². The third kappa shape index (κ3) is 7.50. The van der Waals surface area contributed by atoms with E-state index in [2.05, 4.69) is 10.6 Å². The van der Waals surface area contributed by atoms with Crippen LogP contribution in [-0.2, 0) is 9.53 Å². The number of likely N-dealkylation sites (N-methyl/N-ethyl adjacent to an activating group) is 1. The molecule has 0 rings (SSSR count). The van der Waals surface area contributed by atoms with Gasteiger partial charge in [0, 0.05) is 26.1 Å². The van der Waals surface area contributed by atoms with Crippen molar-refractivity contribution in [2.75, 3.05) is 33.4 Å². The maximum absolute atomic E-state index is 11.0. The van der Waals surface area contributed by atoms with Crippen LogP contribution in [0.2, 0.25) is 0 Å². The van der Waals surface area contributed by atoms with Crippen molar-refractivity contribution in [2.45, 2.75) is 13.3 Å². The lowest BCUT2D eigenvalue weighted by molar-refractivity contribution is -0.122. The number of hydrogen-bond acceptors (Lipinski definition) is 3. The lowest BCUT2D eigenvalue weighted by atomic mass is 10.4. The number of amides is 1. The zero-order valence-corrected chi connectivity index (χ0v) is 7.85. The minimum atomic E-state index is 0.0544. The SMILES string of the molecule is CCOCCC(=O)NCCNC. The Balaban J connectivity index is 3.10. The van der Waals surface area contributed by atoms with Crippen LogP contribution >= 0.6 is 0 Å². The average molecular weight is 174 g/mol. The molecule has 0 bridgehead atoms. The van der Waals surface area contributed by atoms with Gasteiger partial charge in [0.05, 0.1) is 6.61 Å². The van der Waals surface area contributed by atoms with Crippen LogP contribution < -0.4 is 10.6 Å². The minimum Gasteiger partial charge on any atom is -0.381 e. The monoisotopic (exact) mass is 174 g/mol. The fraction of sp³-hybridized carbons (Fsp3) is 0.875. The molecular weight excluding hydrogens is 156 g/mol. The molecule has 72 valence electrons. The third-order valence-electron chi connectivity index (χ3n) is 1.37. The van der Waals surface area contributed by atoms with Crippen LogP contribution in [0.5, 0.6) is 0 Å². The largest absolute Gasteiger partial charge is 0.381 e. The first kappa shape index (κ1) is 11.4. The Morgan fingerprint density at radius 2 is 2.17 bits per heavy atom. The summed E-state index contributed by atoms with van der Waals surface area (Å²) in [6.45, 7) is 4.59. The van der Waals surface area contributed by atoms with Gasteiger partial charge in [-0.15, -0.1) is 0 Å². The Labute approximate surface area is 73.7 Å². The molecule has 0 aliphatic rings. The molecule has 1 amide bonds. The molecule has 0 fully saturated rings. The molecule has 0 aromatic rings. The molecular formula is C8H18N2O2. The predicted molar refractivity (Wildman–Crippen MR) is 48.0 cm³/mol. The Hall–Kier alpha value is -0.610. The molecule has 0 saturated carbocycles. The highest BCUT2D eigenvalue weighted by Crippen LogP contribution is 1.81. The van der Waals surface area contributed by atoms with Gasteiger partial charge in [-0.05, 0) is 14.0 Å². The van der Waals surface area contributed by atoms with E-state index in [0.717, 1.165) is 6.54 Å². The Bertz CT molecular complexity index is 106. The van der Waals surface area contributed by atoms with Gasteiger partial charge in [-0.1, -0.05) is 0 Å². The number of rotatable bonds is 7. The van der Waals surface area contributed by atoms with Crippen molar-refractivity contribution in [2.24, 2.45) is 0 Å². The Morgan fingerprint density at radius 3 is 2.75 bits per heavy atom. The molecule has 0 heterocycles. The molecule has 0 aromatic heterocycles. The fourth-order valence-corrected chi connectivity index (χ4v) is 0.725. The van der Waals surface area contributed by atoms with Gasteiger partial charge in [0.1, 0.15) is 0 Å². The number of ether oxygens (including phenoxy) is 1. The van der Waals surface area contributed by atoms with E-state index in [4.69, 9.17) is 4.74 Å². The highest BCUT2D eigenvalue weighted by Gasteiger charge is 1.98. The van der Waals surface area contributed by atoms with Crippen molar-refractivity contribution in [3.8, 4) is 0 Å². The summed E-state index contributed by atoms with van der Waals surface area (Å²) < 4.78 is 5.03. The van der Waals surface area contributed by atoms with Gasteiger partial charge >= 0.3 is 0 Å². The van der Waals surface area contributed by atoms with Crippen molar-refractivity contribution in [1.29, 1.82) is 0 Å². The summed E-state index contributed by atoms with van der Waals surface area (Å²) in [7, 11) is 1.85. The topological polar surface area (TPSA) is 50.4 Å². The van der Waals surface area contributed by atoms with Crippen LogP contribution in [0.25, 0.3) is 0 Å². The first-order valence-corrected chi connectivity index (χ1v) is 4.30. The Morgan fingerprint density at radius 1 is 1.42 bits per heavy atom. The average Bonchev–Trinajstić information content (AvgIpc) is 2.06. The molecule has 0 aromatic carbocycles. The lowest BCUT2D eigenvalue weighted by Crippen LogP contribution is -2.30. The van der Waals surface area contributed by atoms with E-state index in [1.807, 2.05) is 14.0 Å². The van der Waals surface area contributed by atoms with Gasteiger partial charge in [-0.2, -0.15) is 0 Å². The molecule has 0 unspecified atom stereocenters. The van der Waals surface area contributed by atoms with E-state index in [1.165, 1.54) is 0 Å². The molecule has 0 atom stereocenters. The zero-order chi connectivity index (χ0) is 9.23. The maximum Gasteiger partial charge on any atom is 0.222 e. The quantitative estimate of drug-likeness (QED) is 0.523. The highest BCUT2D eigenvalue weighted by molar-refractivity contribution is 5.75. The van der Waals surface area contributed by atoms with Gasteiger partial charge in [0.25, 0.3) is 0 Å². The van der Waals surface area contributed by atoms with E-state index < -0.39 is 0 Å². The molecule has 2 N–H and O–H groups in total. The van der Waals surface area contributed by atoms with Crippen LogP contribution in [0.4, 0.5) is 0 Å². The molecule has 4 heteroatoms. The molecule has 0 aliphatic carbocycles. The number of nitrogens with one attached hydrogen (secondary N) is 2. The number of hydrogen-bond donors (Lipinski definition) is 2.